The first kappa shape index (κ1) is 26.2. The zero-order valence-electron chi connectivity index (χ0n) is 21.8. The van der Waals surface area contributed by atoms with E-state index in [4.69, 9.17) is 4.99 Å². The van der Waals surface area contributed by atoms with Gasteiger partial charge in [0.2, 0.25) is 11.9 Å². The van der Waals surface area contributed by atoms with E-state index in [1.165, 1.54) is 0 Å². The van der Waals surface area contributed by atoms with Gasteiger partial charge in [-0.3, -0.25) is 9.52 Å². The van der Waals surface area contributed by atoms with Crippen molar-refractivity contribution in [1.29, 1.82) is 0 Å². The van der Waals surface area contributed by atoms with Crippen LogP contribution in [0.15, 0.2) is 82.7 Å². The first-order chi connectivity index (χ1) is 17.6. The molecule has 194 valence electrons. The Morgan fingerprint density at radius 3 is 2.24 bits per heavy atom. The van der Waals surface area contributed by atoms with Crippen molar-refractivity contribution in [3.8, 4) is 0 Å². The molecular formula is C28H33N5O3S. The zero-order valence-corrected chi connectivity index (χ0v) is 22.7. The lowest BCUT2D eigenvalue weighted by atomic mass is 10.0. The Morgan fingerprint density at radius 2 is 1.65 bits per heavy atom. The summed E-state index contributed by atoms with van der Waals surface area (Å²) < 4.78 is 28.1. The van der Waals surface area contributed by atoms with Crippen molar-refractivity contribution in [3.05, 3.63) is 89.5 Å². The SMILES string of the molecule is CCN1C(N(C)C)=Nc2ccccc2C1N(Cc1ccc(NS(=O)(=O)c2ccc(C)cc2)cc1)C(C)=O. The summed E-state index contributed by atoms with van der Waals surface area (Å²) in [4.78, 5) is 23.9. The first-order valence-electron chi connectivity index (χ1n) is 12.2. The van der Waals surface area contributed by atoms with Crippen molar-refractivity contribution < 1.29 is 13.2 Å². The first-order valence-corrected chi connectivity index (χ1v) is 13.7. The lowest BCUT2D eigenvalue weighted by Gasteiger charge is -2.44. The minimum atomic E-state index is -3.69. The Labute approximate surface area is 219 Å². The number of benzene rings is 3. The minimum absolute atomic E-state index is 0.0672. The highest BCUT2D eigenvalue weighted by Crippen LogP contribution is 2.38. The fourth-order valence-corrected chi connectivity index (χ4v) is 5.50. The van der Waals surface area contributed by atoms with Crippen LogP contribution in [0, 0.1) is 6.92 Å². The van der Waals surface area contributed by atoms with Crippen LogP contribution in [0.3, 0.4) is 0 Å². The third-order valence-corrected chi connectivity index (χ3v) is 7.72. The van der Waals surface area contributed by atoms with Crippen LogP contribution in [0.1, 0.15) is 36.7 Å². The van der Waals surface area contributed by atoms with Gasteiger partial charge in [-0.1, -0.05) is 48.0 Å². The van der Waals surface area contributed by atoms with E-state index < -0.39 is 10.0 Å². The number of para-hydroxylation sites is 1. The van der Waals surface area contributed by atoms with Crippen LogP contribution in [-0.4, -0.2) is 55.6 Å². The molecule has 0 radical (unpaired) electrons. The van der Waals surface area contributed by atoms with Crippen molar-refractivity contribution in [1.82, 2.24) is 14.7 Å². The summed E-state index contributed by atoms with van der Waals surface area (Å²) in [5.74, 6) is 0.723. The summed E-state index contributed by atoms with van der Waals surface area (Å²) in [5.41, 5.74) is 4.14. The van der Waals surface area contributed by atoms with Crippen LogP contribution in [0.2, 0.25) is 0 Å². The predicted octanol–water partition coefficient (Wildman–Crippen LogP) is 4.73. The van der Waals surface area contributed by atoms with Crippen LogP contribution in [0.4, 0.5) is 11.4 Å². The maximum absolute atomic E-state index is 13.0. The maximum Gasteiger partial charge on any atom is 0.261 e. The maximum atomic E-state index is 13.0. The van der Waals surface area contributed by atoms with Gasteiger partial charge in [-0.15, -0.1) is 0 Å². The molecule has 0 saturated carbocycles. The van der Waals surface area contributed by atoms with Crippen molar-refractivity contribution >= 4 is 33.3 Å². The van der Waals surface area contributed by atoms with Crippen molar-refractivity contribution in [3.63, 3.8) is 0 Å². The van der Waals surface area contributed by atoms with Gasteiger partial charge in [-0.2, -0.15) is 0 Å². The number of aryl methyl sites for hydroxylation is 1. The number of carbonyl (C=O) groups is 1. The van der Waals surface area contributed by atoms with E-state index in [0.717, 1.165) is 28.3 Å². The molecule has 0 fully saturated rings. The molecule has 0 aromatic heterocycles. The fourth-order valence-electron chi connectivity index (χ4n) is 4.44. The number of anilines is 1. The second-order valence-electron chi connectivity index (χ2n) is 9.29. The molecule has 1 amide bonds. The molecule has 1 aliphatic rings. The number of nitrogens with zero attached hydrogens (tertiary/aromatic N) is 4. The number of amides is 1. The Balaban J connectivity index is 1.60. The molecule has 3 aromatic carbocycles. The van der Waals surface area contributed by atoms with Crippen molar-refractivity contribution in [2.45, 2.75) is 38.4 Å². The highest BCUT2D eigenvalue weighted by molar-refractivity contribution is 7.92. The molecule has 1 aliphatic heterocycles. The minimum Gasteiger partial charge on any atom is -0.349 e. The normalized spacial score (nSPS) is 15.0. The van der Waals surface area contributed by atoms with E-state index in [-0.39, 0.29) is 17.0 Å². The van der Waals surface area contributed by atoms with Gasteiger partial charge in [-0.25, -0.2) is 13.4 Å². The van der Waals surface area contributed by atoms with Crippen molar-refractivity contribution in [2.24, 2.45) is 4.99 Å². The van der Waals surface area contributed by atoms with Gasteiger partial charge < -0.3 is 14.7 Å². The smallest absolute Gasteiger partial charge is 0.261 e. The number of hydrogen-bond donors (Lipinski definition) is 1. The van der Waals surface area contributed by atoms with Gasteiger partial charge in [-0.05, 0) is 49.7 Å². The van der Waals surface area contributed by atoms with Gasteiger partial charge >= 0.3 is 0 Å². The standard InChI is InChI=1S/C28H33N5O3S/c1-6-32-27(25-9-7-8-10-26(25)29-28(32)31(4)5)33(21(3)34)19-22-13-15-23(16-14-22)30-37(35,36)24-17-11-20(2)12-18-24/h7-18,27,30H,6,19H2,1-5H3. The highest BCUT2D eigenvalue weighted by atomic mass is 32.2. The number of fused-ring (bicyclic) bond motifs is 1. The molecule has 8 nitrogen and oxygen atoms in total. The molecule has 1 heterocycles. The molecular weight excluding hydrogens is 486 g/mol. The van der Waals surface area contributed by atoms with Crippen LogP contribution in [0.25, 0.3) is 0 Å². The van der Waals surface area contributed by atoms with Gasteiger partial charge in [0, 0.05) is 45.4 Å². The number of hydrogen-bond acceptors (Lipinski definition) is 6. The molecule has 1 N–H and O–H groups in total. The largest absolute Gasteiger partial charge is 0.349 e. The van der Waals surface area contributed by atoms with E-state index in [9.17, 15) is 13.2 Å². The quantitative estimate of drug-likeness (QED) is 0.488. The molecule has 9 heteroatoms. The van der Waals surface area contributed by atoms with Gasteiger partial charge in [0.15, 0.2) is 0 Å². The summed E-state index contributed by atoms with van der Waals surface area (Å²) >= 11 is 0. The summed E-state index contributed by atoms with van der Waals surface area (Å²) in [7, 11) is 0.197. The molecule has 1 unspecified atom stereocenters. The number of carbonyl (C=O) groups excluding carboxylic acids is 1. The molecule has 0 spiro atoms. The molecule has 0 aliphatic carbocycles. The average molecular weight is 520 g/mol. The summed E-state index contributed by atoms with van der Waals surface area (Å²) in [6.45, 7) is 6.55. The lowest BCUT2D eigenvalue weighted by molar-refractivity contribution is -0.135. The Hall–Kier alpha value is -3.85. The number of rotatable bonds is 7. The summed E-state index contributed by atoms with van der Waals surface area (Å²) in [5, 5.41) is 0. The molecule has 4 rings (SSSR count). The second-order valence-corrected chi connectivity index (χ2v) is 11.0. The van der Waals surface area contributed by atoms with E-state index in [0.29, 0.717) is 18.8 Å². The van der Waals surface area contributed by atoms with Gasteiger partial charge in [0.05, 0.1) is 10.6 Å². The highest BCUT2D eigenvalue weighted by Gasteiger charge is 2.35. The Kier molecular flexibility index (Phi) is 7.54. The van der Waals surface area contributed by atoms with E-state index >= 15 is 0 Å². The van der Waals surface area contributed by atoms with E-state index in [1.54, 1.807) is 43.3 Å². The predicted molar refractivity (Wildman–Crippen MR) is 147 cm³/mol. The van der Waals surface area contributed by atoms with Gasteiger partial charge in [0.25, 0.3) is 10.0 Å². The topological polar surface area (TPSA) is 85.3 Å². The number of guanidine groups is 1. The Bertz CT molecular complexity index is 1400. The fraction of sp³-hybridized carbons (Fsp3) is 0.286. The zero-order chi connectivity index (χ0) is 26.7. The van der Waals surface area contributed by atoms with Crippen LogP contribution < -0.4 is 4.72 Å². The van der Waals surface area contributed by atoms with Crippen LogP contribution in [0.5, 0.6) is 0 Å². The molecule has 0 saturated heterocycles. The Morgan fingerprint density at radius 1 is 1.00 bits per heavy atom. The number of sulfonamides is 1. The van der Waals surface area contributed by atoms with E-state index in [2.05, 4.69) is 9.62 Å². The third kappa shape index (κ3) is 5.61. The molecule has 37 heavy (non-hydrogen) atoms. The molecule has 0 bridgehead atoms. The third-order valence-electron chi connectivity index (χ3n) is 6.32. The second kappa shape index (κ2) is 10.6. The molecule has 1 atom stereocenters. The van der Waals surface area contributed by atoms with Crippen molar-refractivity contribution in [2.75, 3.05) is 25.4 Å². The molecule has 3 aromatic rings. The lowest BCUT2D eigenvalue weighted by Crippen LogP contribution is -2.51. The average Bonchev–Trinajstić information content (AvgIpc) is 2.87. The summed E-state index contributed by atoms with van der Waals surface area (Å²) in [6.07, 6.45) is -0.326. The monoisotopic (exact) mass is 519 g/mol. The summed E-state index contributed by atoms with van der Waals surface area (Å²) in [6, 6.07) is 21.7. The van der Waals surface area contributed by atoms with Crippen LogP contribution in [-0.2, 0) is 21.4 Å². The number of aliphatic imine (C=N–C) groups is 1. The van der Waals surface area contributed by atoms with E-state index in [1.807, 2.05) is 74.1 Å². The van der Waals surface area contributed by atoms with Gasteiger partial charge in [0.1, 0.15) is 6.17 Å². The number of nitrogens with one attached hydrogen (secondary N) is 1. The van der Waals surface area contributed by atoms with Crippen LogP contribution >= 0.6 is 0 Å².